The van der Waals surface area contributed by atoms with Crippen molar-refractivity contribution in [3.63, 3.8) is 0 Å². The number of rotatable bonds is 3. The summed E-state index contributed by atoms with van der Waals surface area (Å²) in [5.74, 6) is -0.321. The van der Waals surface area contributed by atoms with Gasteiger partial charge in [0.25, 0.3) is 11.6 Å². The molecule has 0 saturated heterocycles. The Balaban J connectivity index is 1.93. The average molecular weight is 310 g/mol. The van der Waals surface area contributed by atoms with Gasteiger partial charge in [0, 0.05) is 6.07 Å². The van der Waals surface area contributed by atoms with Gasteiger partial charge in [-0.2, -0.15) is 0 Å². The fourth-order valence-corrected chi connectivity index (χ4v) is 2.33. The summed E-state index contributed by atoms with van der Waals surface area (Å²) < 4.78 is 0. The molecule has 0 fully saturated rings. The number of nitro benzene ring substituents is 1. The third-order valence-electron chi connectivity index (χ3n) is 3.67. The number of hydrogen-bond acceptors (Lipinski definition) is 4. The number of nitrogens with zero attached hydrogens (tertiary/aromatic N) is 2. The van der Waals surface area contributed by atoms with Crippen molar-refractivity contribution in [3.8, 4) is 0 Å². The first kappa shape index (κ1) is 14.7. The lowest BCUT2D eigenvalue weighted by molar-refractivity contribution is -0.385. The van der Waals surface area contributed by atoms with E-state index in [-0.39, 0.29) is 17.2 Å². The number of fused-ring (bicyclic) bond motifs is 1. The van der Waals surface area contributed by atoms with Gasteiger partial charge in [0.2, 0.25) is 5.95 Å². The fourth-order valence-electron chi connectivity index (χ4n) is 2.33. The number of carbonyl (C=O) groups excluding carboxylic acids is 1. The van der Waals surface area contributed by atoms with E-state index in [2.05, 4.69) is 15.3 Å². The highest BCUT2D eigenvalue weighted by Crippen LogP contribution is 2.21. The Morgan fingerprint density at radius 3 is 2.65 bits per heavy atom. The van der Waals surface area contributed by atoms with Crippen molar-refractivity contribution < 1.29 is 9.72 Å². The van der Waals surface area contributed by atoms with Crippen LogP contribution in [0.5, 0.6) is 0 Å². The van der Waals surface area contributed by atoms with E-state index in [9.17, 15) is 14.9 Å². The number of aromatic amines is 1. The van der Waals surface area contributed by atoms with Crippen LogP contribution < -0.4 is 5.32 Å². The van der Waals surface area contributed by atoms with E-state index in [1.165, 1.54) is 18.2 Å². The summed E-state index contributed by atoms with van der Waals surface area (Å²) in [6, 6.07) is 9.65. The summed E-state index contributed by atoms with van der Waals surface area (Å²) in [7, 11) is 0. The first-order valence-electron chi connectivity index (χ1n) is 6.97. The molecular weight excluding hydrogens is 296 g/mol. The lowest BCUT2D eigenvalue weighted by Crippen LogP contribution is -2.14. The highest BCUT2D eigenvalue weighted by atomic mass is 16.6. The maximum Gasteiger partial charge on any atom is 0.282 e. The summed E-state index contributed by atoms with van der Waals surface area (Å²) in [6.45, 7) is 3.97. The Morgan fingerprint density at radius 2 is 1.91 bits per heavy atom. The molecule has 23 heavy (non-hydrogen) atoms. The summed E-state index contributed by atoms with van der Waals surface area (Å²) in [5.41, 5.74) is 3.48. The maximum atomic E-state index is 12.3. The lowest BCUT2D eigenvalue weighted by Gasteiger charge is -2.02. The number of hydrogen-bond donors (Lipinski definition) is 2. The minimum Gasteiger partial charge on any atom is -0.324 e. The van der Waals surface area contributed by atoms with Crippen LogP contribution >= 0.6 is 0 Å². The molecule has 116 valence electrons. The number of aromatic nitrogens is 2. The molecule has 0 unspecified atom stereocenters. The second kappa shape index (κ2) is 5.53. The van der Waals surface area contributed by atoms with Crippen LogP contribution in [0.2, 0.25) is 0 Å². The minimum atomic E-state index is -0.583. The van der Waals surface area contributed by atoms with Crippen LogP contribution in [0.25, 0.3) is 11.0 Å². The van der Waals surface area contributed by atoms with Crippen LogP contribution in [0.3, 0.4) is 0 Å². The van der Waals surface area contributed by atoms with Gasteiger partial charge in [0.1, 0.15) is 5.56 Å². The monoisotopic (exact) mass is 310 g/mol. The van der Waals surface area contributed by atoms with Gasteiger partial charge in [-0.05, 0) is 43.2 Å². The molecule has 1 amide bonds. The van der Waals surface area contributed by atoms with Crippen molar-refractivity contribution in [1.29, 1.82) is 0 Å². The maximum absolute atomic E-state index is 12.3. The second-order valence-corrected chi connectivity index (χ2v) is 5.27. The van der Waals surface area contributed by atoms with E-state index in [4.69, 9.17) is 0 Å². The van der Waals surface area contributed by atoms with Gasteiger partial charge in [0.05, 0.1) is 16.0 Å². The van der Waals surface area contributed by atoms with Crippen LogP contribution in [-0.2, 0) is 0 Å². The van der Waals surface area contributed by atoms with E-state index in [0.717, 1.165) is 22.2 Å². The van der Waals surface area contributed by atoms with Gasteiger partial charge in [-0.15, -0.1) is 0 Å². The SMILES string of the molecule is Cc1cc2nc(NC(=O)c3ccccc3[N+](=O)[O-])[nH]c2cc1C. The predicted octanol–water partition coefficient (Wildman–Crippen LogP) is 3.34. The topological polar surface area (TPSA) is 101 Å². The van der Waals surface area contributed by atoms with Gasteiger partial charge < -0.3 is 4.98 Å². The molecule has 3 aromatic rings. The van der Waals surface area contributed by atoms with Gasteiger partial charge in [-0.1, -0.05) is 12.1 Å². The van der Waals surface area contributed by atoms with Gasteiger partial charge in [-0.25, -0.2) is 4.98 Å². The minimum absolute atomic E-state index is 0.00897. The third kappa shape index (κ3) is 2.76. The van der Waals surface area contributed by atoms with E-state index in [1.807, 2.05) is 26.0 Å². The van der Waals surface area contributed by atoms with Crippen molar-refractivity contribution in [2.75, 3.05) is 5.32 Å². The highest BCUT2D eigenvalue weighted by molar-refractivity contribution is 6.06. The number of nitro groups is 1. The predicted molar refractivity (Wildman–Crippen MR) is 86.6 cm³/mol. The van der Waals surface area contributed by atoms with Crippen molar-refractivity contribution in [1.82, 2.24) is 9.97 Å². The van der Waals surface area contributed by atoms with Crippen molar-refractivity contribution in [2.45, 2.75) is 13.8 Å². The van der Waals surface area contributed by atoms with Gasteiger partial charge in [0.15, 0.2) is 0 Å². The summed E-state index contributed by atoms with van der Waals surface area (Å²) in [4.78, 5) is 30.0. The Bertz CT molecular complexity index is 891. The number of anilines is 1. The second-order valence-electron chi connectivity index (χ2n) is 5.27. The molecule has 1 aromatic heterocycles. The first-order valence-corrected chi connectivity index (χ1v) is 6.97. The smallest absolute Gasteiger partial charge is 0.282 e. The molecule has 0 aliphatic heterocycles. The number of aryl methyl sites for hydroxylation is 2. The summed E-state index contributed by atoms with van der Waals surface area (Å²) in [6.07, 6.45) is 0. The molecule has 0 bridgehead atoms. The number of carbonyl (C=O) groups is 1. The number of H-pyrrole nitrogens is 1. The van der Waals surface area contributed by atoms with Gasteiger partial charge >= 0.3 is 0 Å². The Labute approximate surface area is 131 Å². The average Bonchev–Trinajstić information content (AvgIpc) is 2.88. The molecular formula is C16H14N4O3. The van der Waals surface area contributed by atoms with Crippen molar-refractivity contribution in [3.05, 3.63) is 63.2 Å². The van der Waals surface area contributed by atoms with E-state index in [1.54, 1.807) is 6.07 Å². The lowest BCUT2D eigenvalue weighted by atomic mass is 10.1. The quantitative estimate of drug-likeness (QED) is 0.572. The summed E-state index contributed by atoms with van der Waals surface area (Å²) >= 11 is 0. The number of benzene rings is 2. The molecule has 0 aliphatic rings. The highest BCUT2D eigenvalue weighted by Gasteiger charge is 2.20. The molecule has 0 radical (unpaired) electrons. The fraction of sp³-hybridized carbons (Fsp3) is 0.125. The molecule has 7 nitrogen and oxygen atoms in total. The standard InChI is InChI=1S/C16H14N4O3/c1-9-7-12-13(8-10(9)2)18-16(17-12)19-15(21)11-5-3-4-6-14(11)20(22)23/h3-8H,1-2H3,(H2,17,18,19,21). The van der Waals surface area contributed by atoms with Gasteiger partial charge in [-0.3, -0.25) is 20.2 Å². The summed E-state index contributed by atoms with van der Waals surface area (Å²) in [5, 5.41) is 13.6. The van der Waals surface area contributed by atoms with Crippen LogP contribution in [0.4, 0.5) is 11.6 Å². The molecule has 2 N–H and O–H groups in total. The molecule has 0 spiro atoms. The number of amides is 1. The Kier molecular flexibility index (Phi) is 3.53. The largest absolute Gasteiger partial charge is 0.324 e. The molecule has 0 saturated carbocycles. The van der Waals surface area contributed by atoms with E-state index < -0.39 is 10.8 Å². The van der Waals surface area contributed by atoms with Crippen LogP contribution in [-0.4, -0.2) is 20.8 Å². The third-order valence-corrected chi connectivity index (χ3v) is 3.67. The molecule has 3 rings (SSSR count). The van der Waals surface area contributed by atoms with E-state index in [0.29, 0.717) is 0 Å². The normalized spacial score (nSPS) is 10.7. The molecule has 2 aromatic carbocycles. The number of nitrogens with one attached hydrogen (secondary N) is 2. The van der Waals surface area contributed by atoms with E-state index >= 15 is 0 Å². The Morgan fingerprint density at radius 1 is 1.22 bits per heavy atom. The molecule has 7 heteroatoms. The van der Waals surface area contributed by atoms with Crippen molar-refractivity contribution in [2.24, 2.45) is 0 Å². The number of para-hydroxylation sites is 1. The zero-order valence-electron chi connectivity index (χ0n) is 12.6. The zero-order valence-corrected chi connectivity index (χ0v) is 12.6. The molecule has 1 heterocycles. The van der Waals surface area contributed by atoms with Crippen LogP contribution in [0, 0.1) is 24.0 Å². The van der Waals surface area contributed by atoms with Crippen molar-refractivity contribution >= 4 is 28.6 Å². The molecule has 0 aliphatic carbocycles. The molecule has 0 atom stereocenters. The Hall–Kier alpha value is -3.22. The first-order chi connectivity index (χ1) is 11.0. The zero-order chi connectivity index (χ0) is 16.6. The number of imidazole rings is 1. The van der Waals surface area contributed by atoms with Crippen LogP contribution in [0.15, 0.2) is 36.4 Å². The van der Waals surface area contributed by atoms with Crippen LogP contribution in [0.1, 0.15) is 21.5 Å².